The number of aryl methyl sites for hydroxylation is 1. The molecule has 1 aliphatic rings. The summed E-state index contributed by atoms with van der Waals surface area (Å²) >= 11 is 0. The quantitative estimate of drug-likeness (QED) is 0.743. The molecule has 1 aromatic heterocycles. The minimum Gasteiger partial charge on any atom is -0.478 e. The number of carbonyl (C=O) groups is 3. The molecule has 0 spiro atoms. The van der Waals surface area contributed by atoms with Gasteiger partial charge in [0, 0.05) is 38.5 Å². The molecule has 7 nitrogen and oxygen atoms in total. The number of rotatable bonds is 7. The van der Waals surface area contributed by atoms with Crippen LogP contribution in [0.1, 0.15) is 65.7 Å². The number of nitrogens with zero attached hydrogens (tertiary/aromatic N) is 1. The number of aromatic carboxylic acids is 1. The van der Waals surface area contributed by atoms with Crippen molar-refractivity contribution in [3.63, 3.8) is 0 Å². The van der Waals surface area contributed by atoms with E-state index >= 15 is 0 Å². The largest absolute Gasteiger partial charge is 0.478 e. The standard InChI is InChI=1S/C17H24N2O5/c1-2-13-12(17(22)23)11-14(24-13)16(21)18-8-6-10-19-9-5-3-4-7-15(19)20/h11H,2-10H2,1H3,(H,18,21)(H,22,23). The van der Waals surface area contributed by atoms with Crippen molar-refractivity contribution < 1.29 is 23.9 Å². The van der Waals surface area contributed by atoms with Crippen molar-refractivity contribution in [1.82, 2.24) is 10.2 Å². The summed E-state index contributed by atoms with van der Waals surface area (Å²) in [6.07, 6.45) is 4.74. The van der Waals surface area contributed by atoms with E-state index in [-0.39, 0.29) is 17.2 Å². The van der Waals surface area contributed by atoms with Gasteiger partial charge in [0.1, 0.15) is 11.3 Å². The predicted molar refractivity (Wildman–Crippen MR) is 87.0 cm³/mol. The van der Waals surface area contributed by atoms with Gasteiger partial charge in [-0.05, 0) is 19.3 Å². The highest BCUT2D eigenvalue weighted by Gasteiger charge is 2.20. The van der Waals surface area contributed by atoms with E-state index in [1.807, 2.05) is 4.90 Å². The van der Waals surface area contributed by atoms with Crippen LogP contribution in [0.15, 0.2) is 10.5 Å². The van der Waals surface area contributed by atoms with Gasteiger partial charge in [0.15, 0.2) is 5.76 Å². The average molecular weight is 336 g/mol. The lowest BCUT2D eigenvalue weighted by Crippen LogP contribution is -2.33. The number of amides is 2. The highest BCUT2D eigenvalue weighted by atomic mass is 16.4. The number of carboxylic acid groups (broad SMARTS) is 1. The van der Waals surface area contributed by atoms with Crippen LogP contribution in [0.5, 0.6) is 0 Å². The lowest BCUT2D eigenvalue weighted by molar-refractivity contribution is -0.130. The van der Waals surface area contributed by atoms with Crippen molar-refractivity contribution in [2.24, 2.45) is 0 Å². The Morgan fingerprint density at radius 2 is 2.12 bits per heavy atom. The Morgan fingerprint density at radius 1 is 1.33 bits per heavy atom. The molecular formula is C17H24N2O5. The third kappa shape index (κ3) is 4.59. The minimum absolute atomic E-state index is 0.00935. The lowest BCUT2D eigenvalue weighted by atomic mass is 10.2. The van der Waals surface area contributed by atoms with E-state index in [0.717, 1.165) is 25.8 Å². The Morgan fingerprint density at radius 3 is 2.79 bits per heavy atom. The number of furan rings is 1. The van der Waals surface area contributed by atoms with E-state index in [4.69, 9.17) is 9.52 Å². The summed E-state index contributed by atoms with van der Waals surface area (Å²) < 4.78 is 5.31. The molecule has 0 saturated carbocycles. The van der Waals surface area contributed by atoms with Gasteiger partial charge in [-0.25, -0.2) is 4.79 Å². The maximum Gasteiger partial charge on any atom is 0.339 e. The molecule has 7 heteroatoms. The zero-order chi connectivity index (χ0) is 17.5. The topological polar surface area (TPSA) is 99.9 Å². The third-order valence-corrected chi connectivity index (χ3v) is 4.15. The first-order chi connectivity index (χ1) is 11.5. The molecule has 0 aliphatic carbocycles. The molecule has 1 aliphatic heterocycles. The predicted octanol–water partition coefficient (Wildman–Crippen LogP) is 2.06. The smallest absolute Gasteiger partial charge is 0.339 e. The zero-order valence-corrected chi connectivity index (χ0v) is 14.0. The van der Waals surface area contributed by atoms with Crippen LogP contribution in [-0.2, 0) is 11.2 Å². The number of carboxylic acids is 1. The van der Waals surface area contributed by atoms with Gasteiger partial charge < -0.3 is 19.7 Å². The minimum atomic E-state index is -1.10. The van der Waals surface area contributed by atoms with E-state index in [9.17, 15) is 14.4 Å². The Bertz CT molecular complexity index is 608. The lowest BCUT2D eigenvalue weighted by Gasteiger charge is -2.20. The van der Waals surface area contributed by atoms with Gasteiger partial charge in [-0.1, -0.05) is 13.3 Å². The second kappa shape index (κ2) is 8.52. The molecule has 0 radical (unpaired) electrons. The highest BCUT2D eigenvalue weighted by Crippen LogP contribution is 2.16. The number of hydrogen-bond donors (Lipinski definition) is 2. The van der Waals surface area contributed by atoms with Crippen LogP contribution in [0.2, 0.25) is 0 Å². The Kier molecular flexibility index (Phi) is 6.40. The summed E-state index contributed by atoms with van der Waals surface area (Å²) in [5, 5.41) is 11.8. The van der Waals surface area contributed by atoms with Gasteiger partial charge in [-0.3, -0.25) is 9.59 Å². The van der Waals surface area contributed by atoms with Gasteiger partial charge in [-0.15, -0.1) is 0 Å². The maximum atomic E-state index is 12.0. The molecule has 2 heterocycles. The maximum absolute atomic E-state index is 12.0. The van der Waals surface area contributed by atoms with Crippen LogP contribution in [0.25, 0.3) is 0 Å². The van der Waals surface area contributed by atoms with Crippen molar-refractivity contribution in [2.45, 2.75) is 45.4 Å². The molecule has 132 valence electrons. The normalized spacial score (nSPS) is 15.2. The first-order valence-corrected chi connectivity index (χ1v) is 8.45. The SMILES string of the molecule is CCc1oc(C(=O)NCCCN2CCCCCC2=O)cc1C(=O)O. The summed E-state index contributed by atoms with van der Waals surface area (Å²) in [6.45, 7) is 3.59. The van der Waals surface area contributed by atoms with E-state index in [1.165, 1.54) is 6.07 Å². The van der Waals surface area contributed by atoms with E-state index < -0.39 is 11.9 Å². The second-order valence-electron chi connectivity index (χ2n) is 5.91. The molecule has 2 amide bonds. The van der Waals surface area contributed by atoms with Crippen molar-refractivity contribution in [3.8, 4) is 0 Å². The number of hydrogen-bond acceptors (Lipinski definition) is 4. The van der Waals surface area contributed by atoms with Crippen LogP contribution in [0, 0.1) is 0 Å². The van der Waals surface area contributed by atoms with Crippen LogP contribution in [0.4, 0.5) is 0 Å². The Balaban J connectivity index is 1.81. The first-order valence-electron chi connectivity index (χ1n) is 8.45. The second-order valence-corrected chi connectivity index (χ2v) is 5.91. The fourth-order valence-corrected chi connectivity index (χ4v) is 2.82. The summed E-state index contributed by atoms with van der Waals surface area (Å²) in [4.78, 5) is 36.8. The summed E-state index contributed by atoms with van der Waals surface area (Å²) in [6, 6.07) is 1.26. The van der Waals surface area contributed by atoms with Crippen molar-refractivity contribution in [3.05, 3.63) is 23.2 Å². The molecule has 2 rings (SSSR count). The Hall–Kier alpha value is -2.31. The molecular weight excluding hydrogens is 312 g/mol. The van der Waals surface area contributed by atoms with Crippen molar-refractivity contribution in [1.29, 1.82) is 0 Å². The van der Waals surface area contributed by atoms with Crippen LogP contribution in [0.3, 0.4) is 0 Å². The molecule has 2 N–H and O–H groups in total. The Labute approximate surface area is 141 Å². The van der Waals surface area contributed by atoms with Crippen molar-refractivity contribution >= 4 is 17.8 Å². The molecule has 1 saturated heterocycles. The van der Waals surface area contributed by atoms with Crippen molar-refractivity contribution in [2.75, 3.05) is 19.6 Å². The van der Waals surface area contributed by atoms with E-state index in [2.05, 4.69) is 5.32 Å². The van der Waals surface area contributed by atoms with Crippen LogP contribution >= 0.6 is 0 Å². The highest BCUT2D eigenvalue weighted by molar-refractivity contribution is 5.96. The summed E-state index contributed by atoms with van der Waals surface area (Å²) in [7, 11) is 0. The molecule has 0 aromatic carbocycles. The fourth-order valence-electron chi connectivity index (χ4n) is 2.82. The number of nitrogens with one attached hydrogen (secondary N) is 1. The summed E-state index contributed by atoms with van der Waals surface area (Å²) in [5.41, 5.74) is 0.0258. The molecule has 1 fully saturated rings. The molecule has 0 unspecified atom stereocenters. The fraction of sp³-hybridized carbons (Fsp3) is 0.588. The van der Waals surface area contributed by atoms with Gasteiger partial charge in [0.05, 0.1) is 0 Å². The zero-order valence-electron chi connectivity index (χ0n) is 14.0. The van der Waals surface area contributed by atoms with Gasteiger partial charge in [0.25, 0.3) is 5.91 Å². The van der Waals surface area contributed by atoms with Crippen LogP contribution < -0.4 is 5.32 Å². The van der Waals surface area contributed by atoms with E-state index in [1.54, 1.807) is 6.92 Å². The monoisotopic (exact) mass is 336 g/mol. The van der Waals surface area contributed by atoms with Gasteiger partial charge in [-0.2, -0.15) is 0 Å². The summed E-state index contributed by atoms with van der Waals surface area (Å²) in [5.74, 6) is -1.05. The molecule has 0 atom stereocenters. The number of likely N-dealkylation sites (tertiary alicyclic amines) is 1. The number of carbonyl (C=O) groups excluding carboxylic acids is 2. The van der Waals surface area contributed by atoms with Gasteiger partial charge >= 0.3 is 5.97 Å². The molecule has 0 bridgehead atoms. The van der Waals surface area contributed by atoms with Crippen LogP contribution in [-0.4, -0.2) is 47.4 Å². The van der Waals surface area contributed by atoms with E-state index in [0.29, 0.717) is 38.1 Å². The molecule has 24 heavy (non-hydrogen) atoms. The third-order valence-electron chi connectivity index (χ3n) is 4.15. The van der Waals surface area contributed by atoms with Gasteiger partial charge in [0.2, 0.25) is 5.91 Å². The first kappa shape index (κ1) is 18.0. The molecule has 1 aromatic rings. The average Bonchev–Trinajstić information content (AvgIpc) is 2.90.